The Bertz CT molecular complexity index is 652. The maximum Gasteiger partial charge on any atom is 0.241 e. The van der Waals surface area contributed by atoms with E-state index in [0.29, 0.717) is 12.5 Å². The molecule has 1 fully saturated rings. The van der Waals surface area contributed by atoms with Crippen molar-refractivity contribution in [3.8, 4) is 5.75 Å². The molecule has 0 aliphatic heterocycles. The van der Waals surface area contributed by atoms with Gasteiger partial charge >= 0.3 is 0 Å². The summed E-state index contributed by atoms with van der Waals surface area (Å²) in [5.74, 6) is 0.667. The van der Waals surface area contributed by atoms with Crippen molar-refractivity contribution in [3.05, 3.63) is 36.4 Å². The monoisotopic (exact) mass is 289 g/mol. The van der Waals surface area contributed by atoms with E-state index in [1.807, 2.05) is 24.3 Å². The van der Waals surface area contributed by atoms with Crippen molar-refractivity contribution >= 4 is 34.0 Å². The lowest BCUT2D eigenvalue weighted by molar-refractivity contribution is -0.116. The lowest BCUT2D eigenvalue weighted by Gasteiger charge is -2.23. The molecule has 20 heavy (non-hydrogen) atoms. The van der Waals surface area contributed by atoms with Gasteiger partial charge in [-0.2, -0.15) is 0 Å². The fourth-order valence-corrected chi connectivity index (χ4v) is 2.59. The first-order chi connectivity index (χ1) is 9.69. The first-order valence-corrected chi connectivity index (χ1v) is 7.30. The number of carbonyl (C=O) groups excluding carboxylic acids is 1. The van der Waals surface area contributed by atoms with Crippen LogP contribution in [0.15, 0.2) is 36.4 Å². The Labute approximate surface area is 122 Å². The van der Waals surface area contributed by atoms with E-state index in [2.05, 4.69) is 0 Å². The molecule has 3 nitrogen and oxygen atoms in total. The summed E-state index contributed by atoms with van der Waals surface area (Å²) in [7, 11) is 0. The predicted octanol–water partition coefficient (Wildman–Crippen LogP) is 3.53. The molecule has 1 aliphatic rings. The van der Waals surface area contributed by atoms with Gasteiger partial charge in [-0.15, -0.1) is 11.6 Å². The highest BCUT2D eigenvalue weighted by molar-refractivity contribution is 6.29. The minimum atomic E-state index is -0.0885. The molecule has 0 aromatic heterocycles. The Morgan fingerprint density at radius 2 is 2.10 bits per heavy atom. The topological polar surface area (TPSA) is 40.5 Å². The van der Waals surface area contributed by atoms with E-state index in [0.717, 1.165) is 16.5 Å². The summed E-state index contributed by atoms with van der Waals surface area (Å²) in [6.45, 7) is 0.709. The molecule has 1 amide bonds. The molecule has 104 valence electrons. The number of hydrogen-bond donors (Lipinski definition) is 1. The van der Waals surface area contributed by atoms with E-state index >= 15 is 0 Å². The molecule has 0 atom stereocenters. The zero-order valence-corrected chi connectivity index (χ0v) is 11.8. The second kappa shape index (κ2) is 5.33. The Morgan fingerprint density at radius 1 is 1.30 bits per heavy atom. The molecule has 1 saturated carbocycles. The standard InChI is InChI=1S/C16H16ClNO2/c17-9-16(20)18(10-11-4-5-11)15-3-1-2-12-6-7-13(19)8-14(12)15/h1-3,6-8,11,19H,4-5,9-10H2. The highest BCUT2D eigenvalue weighted by atomic mass is 35.5. The molecule has 0 heterocycles. The summed E-state index contributed by atoms with van der Waals surface area (Å²) in [5, 5.41) is 11.6. The van der Waals surface area contributed by atoms with Gasteiger partial charge in [0.25, 0.3) is 0 Å². The Morgan fingerprint density at radius 3 is 2.80 bits per heavy atom. The smallest absolute Gasteiger partial charge is 0.241 e. The molecule has 2 aromatic carbocycles. The molecule has 0 unspecified atom stereocenters. The summed E-state index contributed by atoms with van der Waals surface area (Å²) < 4.78 is 0. The summed E-state index contributed by atoms with van der Waals surface area (Å²) in [6, 6.07) is 11.0. The van der Waals surface area contributed by atoms with E-state index in [1.54, 1.807) is 17.0 Å². The van der Waals surface area contributed by atoms with Crippen LogP contribution >= 0.6 is 11.6 Å². The van der Waals surface area contributed by atoms with Crippen LogP contribution in [0.1, 0.15) is 12.8 Å². The molecule has 0 saturated heterocycles. The largest absolute Gasteiger partial charge is 0.508 e. The Hall–Kier alpha value is -1.74. The molecule has 0 spiro atoms. The number of aromatic hydroxyl groups is 1. The van der Waals surface area contributed by atoms with Crippen molar-refractivity contribution in [3.63, 3.8) is 0 Å². The van der Waals surface area contributed by atoms with Gasteiger partial charge in [0.1, 0.15) is 11.6 Å². The SMILES string of the molecule is O=C(CCl)N(CC1CC1)c1cccc2ccc(O)cc12. The van der Waals surface area contributed by atoms with Crippen LogP contribution in [0.2, 0.25) is 0 Å². The minimum Gasteiger partial charge on any atom is -0.508 e. The average molecular weight is 290 g/mol. The summed E-state index contributed by atoms with van der Waals surface area (Å²) in [4.78, 5) is 13.9. The van der Waals surface area contributed by atoms with Crippen LogP contribution in [0, 0.1) is 5.92 Å². The maximum absolute atomic E-state index is 12.1. The molecule has 0 bridgehead atoms. The molecule has 3 rings (SSSR count). The molecule has 4 heteroatoms. The summed E-state index contributed by atoms with van der Waals surface area (Å²) in [6.07, 6.45) is 2.34. The zero-order chi connectivity index (χ0) is 14.1. The van der Waals surface area contributed by atoms with Crippen molar-refractivity contribution in [1.29, 1.82) is 0 Å². The number of anilines is 1. The lowest BCUT2D eigenvalue weighted by atomic mass is 10.1. The van der Waals surface area contributed by atoms with Gasteiger partial charge in [-0.3, -0.25) is 4.79 Å². The van der Waals surface area contributed by atoms with E-state index in [9.17, 15) is 9.90 Å². The molecule has 1 N–H and O–H groups in total. The normalized spacial score (nSPS) is 14.4. The van der Waals surface area contributed by atoms with Crippen molar-refractivity contribution in [2.24, 2.45) is 5.92 Å². The third-order valence-electron chi connectivity index (χ3n) is 3.69. The van der Waals surface area contributed by atoms with Crippen molar-refractivity contribution < 1.29 is 9.90 Å². The van der Waals surface area contributed by atoms with Gasteiger partial charge in [0.15, 0.2) is 0 Å². The zero-order valence-electron chi connectivity index (χ0n) is 11.1. The van der Waals surface area contributed by atoms with Crippen molar-refractivity contribution in [2.75, 3.05) is 17.3 Å². The number of nitrogens with zero attached hydrogens (tertiary/aromatic N) is 1. The number of phenols is 1. The Balaban J connectivity index is 2.08. The number of alkyl halides is 1. The number of fused-ring (bicyclic) bond motifs is 1. The number of carbonyl (C=O) groups is 1. The average Bonchev–Trinajstić information content (AvgIpc) is 3.27. The highest BCUT2D eigenvalue weighted by Crippen LogP contribution is 2.35. The second-order valence-electron chi connectivity index (χ2n) is 5.26. The third kappa shape index (κ3) is 2.59. The number of benzene rings is 2. The number of halogens is 1. The van der Waals surface area contributed by atoms with E-state index in [4.69, 9.17) is 11.6 Å². The van der Waals surface area contributed by atoms with Gasteiger partial charge in [-0.25, -0.2) is 0 Å². The molecule has 2 aromatic rings. The van der Waals surface area contributed by atoms with Gasteiger partial charge in [-0.1, -0.05) is 18.2 Å². The summed E-state index contributed by atoms with van der Waals surface area (Å²) in [5.41, 5.74) is 0.830. The minimum absolute atomic E-state index is 0.0259. The fourth-order valence-electron chi connectivity index (χ4n) is 2.44. The van der Waals surface area contributed by atoms with Crippen LogP contribution in [-0.4, -0.2) is 23.4 Å². The van der Waals surface area contributed by atoms with Crippen LogP contribution in [0.25, 0.3) is 10.8 Å². The van der Waals surface area contributed by atoms with Crippen LogP contribution in [0.4, 0.5) is 5.69 Å². The first-order valence-electron chi connectivity index (χ1n) is 6.77. The Kier molecular flexibility index (Phi) is 3.53. The number of hydrogen-bond acceptors (Lipinski definition) is 2. The van der Waals surface area contributed by atoms with E-state index in [-0.39, 0.29) is 17.5 Å². The van der Waals surface area contributed by atoms with Crippen LogP contribution in [0.5, 0.6) is 5.75 Å². The van der Waals surface area contributed by atoms with Crippen LogP contribution < -0.4 is 4.90 Å². The summed E-state index contributed by atoms with van der Waals surface area (Å²) >= 11 is 5.74. The van der Waals surface area contributed by atoms with Gasteiger partial charge in [-0.05, 0) is 42.3 Å². The maximum atomic E-state index is 12.1. The first kappa shape index (κ1) is 13.3. The number of phenolic OH excluding ortho intramolecular Hbond substituents is 1. The van der Waals surface area contributed by atoms with Crippen LogP contribution in [0.3, 0.4) is 0 Å². The van der Waals surface area contributed by atoms with E-state index in [1.165, 1.54) is 12.8 Å². The van der Waals surface area contributed by atoms with Crippen molar-refractivity contribution in [1.82, 2.24) is 0 Å². The molecule has 1 aliphatic carbocycles. The quantitative estimate of drug-likeness (QED) is 0.875. The molecule has 0 radical (unpaired) electrons. The van der Waals surface area contributed by atoms with Crippen LogP contribution in [-0.2, 0) is 4.79 Å². The predicted molar refractivity (Wildman–Crippen MR) is 81.4 cm³/mol. The van der Waals surface area contributed by atoms with Gasteiger partial charge < -0.3 is 10.0 Å². The highest BCUT2D eigenvalue weighted by Gasteiger charge is 2.28. The number of rotatable bonds is 4. The van der Waals surface area contributed by atoms with Gasteiger partial charge in [0.05, 0.1) is 5.69 Å². The van der Waals surface area contributed by atoms with E-state index < -0.39 is 0 Å². The molecular weight excluding hydrogens is 274 g/mol. The van der Waals surface area contributed by atoms with Crippen molar-refractivity contribution in [2.45, 2.75) is 12.8 Å². The number of amides is 1. The second-order valence-corrected chi connectivity index (χ2v) is 5.53. The third-order valence-corrected chi connectivity index (χ3v) is 3.92. The van der Waals surface area contributed by atoms with Gasteiger partial charge in [0.2, 0.25) is 5.91 Å². The lowest BCUT2D eigenvalue weighted by Crippen LogP contribution is -2.33. The molecular formula is C16H16ClNO2. The fraction of sp³-hybridized carbons (Fsp3) is 0.312. The van der Waals surface area contributed by atoms with Gasteiger partial charge in [0, 0.05) is 11.9 Å².